The summed E-state index contributed by atoms with van der Waals surface area (Å²) in [6.45, 7) is 0. The number of hydrogen-bond acceptors (Lipinski definition) is 1. The van der Waals surface area contributed by atoms with Gasteiger partial charge in [-0.05, 0) is 6.42 Å². The van der Waals surface area contributed by atoms with Gasteiger partial charge >= 0.3 is 18.9 Å². The van der Waals surface area contributed by atoms with Gasteiger partial charge in [0.15, 0.2) is 0 Å². The largest absolute Gasteiger partial charge is 1.00 e. The average Bonchev–Trinajstić information content (AvgIpc) is 2.22. The van der Waals surface area contributed by atoms with Crippen molar-refractivity contribution in [2.24, 2.45) is 11.8 Å². The number of hydrogen-bond donors (Lipinski definition) is 0. The Labute approximate surface area is 136 Å². The summed E-state index contributed by atoms with van der Waals surface area (Å²) >= 11 is 0. The summed E-state index contributed by atoms with van der Waals surface area (Å²) in [5.74, 6) is 1.69. The van der Waals surface area contributed by atoms with Gasteiger partial charge in [0, 0.05) is 65.4 Å². The summed E-state index contributed by atoms with van der Waals surface area (Å²) in [5.41, 5.74) is 0. The van der Waals surface area contributed by atoms with Crippen molar-refractivity contribution in [2.45, 2.75) is 19.3 Å². The normalized spacial score (nSPS) is 30.5. The topological polar surface area (TPSA) is 23.1 Å². The summed E-state index contributed by atoms with van der Waals surface area (Å²) < 4.78 is 0. The minimum atomic E-state index is 0. The van der Waals surface area contributed by atoms with E-state index in [0.29, 0.717) is 17.6 Å². The van der Waals surface area contributed by atoms with Crippen LogP contribution in [0, 0.1) is 18.3 Å². The molecule has 0 bridgehead atoms. The minimum Gasteiger partial charge on any atom is -0.876 e. The van der Waals surface area contributed by atoms with Gasteiger partial charge in [-0.25, -0.2) is 0 Å². The monoisotopic (exact) mass is 307 g/mol. The van der Waals surface area contributed by atoms with Crippen LogP contribution in [0.4, 0.5) is 0 Å². The zero-order valence-electron chi connectivity index (χ0n) is 7.49. The summed E-state index contributed by atoms with van der Waals surface area (Å²) in [6.07, 6.45) is 7.36. The standard InChI is InChI=1S/C8H11O.Li.2Y/c9-8-4-6-2-1-3-7(6)5-8;;;/h1,4,6-7,9H,2-3,5H2;;;/q-1;+1;;/p-1/t6-,7+;;;/m0.../s1. The molecule has 56 valence electrons. The molecule has 0 unspecified atom stereocenters. The van der Waals surface area contributed by atoms with Crippen molar-refractivity contribution in [2.75, 3.05) is 0 Å². The second-order valence-corrected chi connectivity index (χ2v) is 3.02. The first-order valence-electron chi connectivity index (χ1n) is 3.55. The summed E-state index contributed by atoms with van der Waals surface area (Å²) in [5, 5.41) is 10.8. The molecule has 0 aromatic heterocycles. The fourth-order valence-electron chi connectivity index (χ4n) is 1.87. The van der Waals surface area contributed by atoms with Crippen LogP contribution in [-0.2, 0) is 65.4 Å². The molecule has 0 N–H and O–H groups in total. The Balaban J connectivity index is 0. The Morgan fingerprint density at radius 3 is 2.58 bits per heavy atom. The van der Waals surface area contributed by atoms with Gasteiger partial charge in [0.25, 0.3) is 0 Å². The first kappa shape index (κ1) is 16.8. The van der Waals surface area contributed by atoms with Crippen LogP contribution in [0.3, 0.4) is 0 Å². The fraction of sp³-hybridized carbons (Fsp3) is 0.625. The molecule has 2 aliphatic carbocycles. The van der Waals surface area contributed by atoms with Crippen LogP contribution < -0.4 is 24.0 Å². The maximum atomic E-state index is 10.8. The van der Waals surface area contributed by atoms with Crippen molar-refractivity contribution in [3.05, 3.63) is 18.3 Å². The Morgan fingerprint density at radius 2 is 2.00 bits per heavy atom. The van der Waals surface area contributed by atoms with Crippen molar-refractivity contribution in [3.63, 3.8) is 0 Å². The van der Waals surface area contributed by atoms with Crippen molar-refractivity contribution in [1.29, 1.82) is 0 Å². The molecule has 2 aliphatic rings. The average molecular weight is 307 g/mol. The maximum absolute atomic E-state index is 10.8. The molecule has 2 rings (SSSR count). The molecule has 2 radical (unpaired) electrons. The van der Waals surface area contributed by atoms with Gasteiger partial charge in [-0.15, -0.1) is 5.76 Å². The van der Waals surface area contributed by atoms with E-state index in [2.05, 4.69) is 6.42 Å². The Morgan fingerprint density at radius 1 is 1.33 bits per heavy atom. The van der Waals surface area contributed by atoms with Crippen LogP contribution in [0.1, 0.15) is 19.3 Å². The maximum Gasteiger partial charge on any atom is 1.00 e. The first-order valence-corrected chi connectivity index (χ1v) is 3.55. The van der Waals surface area contributed by atoms with Gasteiger partial charge in [-0.1, -0.05) is 17.9 Å². The third-order valence-electron chi connectivity index (χ3n) is 2.38. The van der Waals surface area contributed by atoms with Gasteiger partial charge in [0.1, 0.15) is 0 Å². The predicted molar refractivity (Wildman–Crippen MR) is 33.2 cm³/mol. The zero-order chi connectivity index (χ0) is 6.27. The first-order chi connectivity index (χ1) is 4.36. The minimum absolute atomic E-state index is 0. The van der Waals surface area contributed by atoms with E-state index in [9.17, 15) is 5.11 Å². The van der Waals surface area contributed by atoms with Crippen molar-refractivity contribution >= 4 is 0 Å². The van der Waals surface area contributed by atoms with E-state index in [1.54, 1.807) is 0 Å². The third-order valence-corrected chi connectivity index (χ3v) is 2.38. The van der Waals surface area contributed by atoms with Gasteiger partial charge < -0.3 is 11.5 Å². The summed E-state index contributed by atoms with van der Waals surface area (Å²) in [6, 6.07) is 0. The van der Waals surface area contributed by atoms with Crippen LogP contribution in [-0.4, -0.2) is 0 Å². The SMILES string of the molecule is [Li+].[O-]C1=C[C@@H]2C[CH-]C[C@@H]2C1.[Y].[Y]. The molecule has 0 spiro atoms. The van der Waals surface area contributed by atoms with Crippen LogP contribution in [0.5, 0.6) is 0 Å². The Bertz CT molecular complexity index is 161. The molecular weight excluding hydrogens is 297 g/mol. The van der Waals surface area contributed by atoms with E-state index < -0.39 is 0 Å². The van der Waals surface area contributed by atoms with Crippen LogP contribution in [0.15, 0.2) is 11.8 Å². The number of fused-ring (bicyclic) bond motifs is 1. The Kier molecular flexibility index (Phi) is 10.6. The van der Waals surface area contributed by atoms with Gasteiger partial charge in [0.2, 0.25) is 0 Å². The molecule has 0 amide bonds. The number of rotatable bonds is 0. The van der Waals surface area contributed by atoms with E-state index in [-0.39, 0.29) is 84.3 Å². The molecule has 1 nitrogen and oxygen atoms in total. The van der Waals surface area contributed by atoms with E-state index >= 15 is 0 Å². The fourth-order valence-corrected chi connectivity index (χ4v) is 1.87. The molecule has 0 aromatic carbocycles. The van der Waals surface area contributed by atoms with Crippen LogP contribution >= 0.6 is 0 Å². The van der Waals surface area contributed by atoms with E-state index in [0.717, 1.165) is 12.8 Å². The smallest absolute Gasteiger partial charge is 0.876 e. The van der Waals surface area contributed by atoms with Gasteiger partial charge in [-0.2, -0.15) is 12.8 Å². The molecule has 0 saturated heterocycles. The van der Waals surface area contributed by atoms with Crippen molar-refractivity contribution in [1.82, 2.24) is 0 Å². The van der Waals surface area contributed by atoms with E-state index in [4.69, 9.17) is 0 Å². The van der Waals surface area contributed by atoms with E-state index in [1.807, 2.05) is 6.08 Å². The molecule has 0 heterocycles. The molecule has 2 atom stereocenters. The molecule has 1 fully saturated rings. The van der Waals surface area contributed by atoms with Gasteiger partial charge in [-0.3, -0.25) is 0 Å². The van der Waals surface area contributed by atoms with Crippen molar-refractivity contribution < 1.29 is 89.4 Å². The van der Waals surface area contributed by atoms with Crippen molar-refractivity contribution in [3.8, 4) is 0 Å². The number of allylic oxidation sites excluding steroid dienone is 2. The molecule has 4 heteroatoms. The zero-order valence-corrected chi connectivity index (χ0v) is 13.2. The molecule has 0 aromatic rings. The van der Waals surface area contributed by atoms with Crippen LogP contribution in [0.2, 0.25) is 0 Å². The second-order valence-electron chi connectivity index (χ2n) is 3.02. The summed E-state index contributed by atoms with van der Waals surface area (Å²) in [7, 11) is 0. The molecule has 1 saturated carbocycles. The summed E-state index contributed by atoms with van der Waals surface area (Å²) in [4.78, 5) is 0. The predicted octanol–water partition coefficient (Wildman–Crippen LogP) is -2.14. The molecule has 12 heavy (non-hydrogen) atoms. The van der Waals surface area contributed by atoms with Crippen LogP contribution in [0.25, 0.3) is 0 Å². The molecular formula is C8H10LiOY2-. The quantitative estimate of drug-likeness (QED) is 0.370. The van der Waals surface area contributed by atoms with Gasteiger partial charge in [0.05, 0.1) is 0 Å². The second kappa shape index (κ2) is 7.61. The third kappa shape index (κ3) is 3.84. The van der Waals surface area contributed by atoms with E-state index in [1.165, 1.54) is 6.42 Å². The Hall–Kier alpha value is 2.35. The molecule has 0 aliphatic heterocycles.